The van der Waals surface area contributed by atoms with E-state index in [0.717, 1.165) is 5.69 Å². The van der Waals surface area contributed by atoms with Crippen molar-refractivity contribution in [1.82, 2.24) is 15.3 Å². The molecule has 21 heavy (non-hydrogen) atoms. The zero-order chi connectivity index (χ0) is 15.1. The number of carbonyl (C=O) groups excluding carboxylic acids is 1. The summed E-state index contributed by atoms with van der Waals surface area (Å²) in [5, 5.41) is 6.32. The topological polar surface area (TPSA) is 76.1 Å². The predicted octanol–water partition coefficient (Wildman–Crippen LogP) is 2.25. The van der Waals surface area contributed by atoms with Gasteiger partial charge in [0.2, 0.25) is 5.95 Å². The Hall–Kier alpha value is -2.18. The van der Waals surface area contributed by atoms with Crippen molar-refractivity contribution < 1.29 is 9.53 Å². The molecule has 0 aliphatic heterocycles. The number of methoxy groups -OCH3 is 1. The van der Waals surface area contributed by atoms with Crippen molar-refractivity contribution in [3.05, 3.63) is 47.2 Å². The van der Waals surface area contributed by atoms with Crippen LogP contribution in [-0.4, -0.2) is 36.1 Å². The van der Waals surface area contributed by atoms with E-state index >= 15 is 0 Å². The van der Waals surface area contributed by atoms with Gasteiger partial charge in [-0.3, -0.25) is 4.79 Å². The standard InChI is InChI=1S/C14H15ClN4O2/c1-21-6-5-16-13(20)10-8-17-14(18-9-10)19-12-4-2-3-11(15)7-12/h2-4,7-9H,5-6H2,1H3,(H,16,20)(H,17,18,19). The van der Waals surface area contributed by atoms with E-state index < -0.39 is 0 Å². The zero-order valence-electron chi connectivity index (χ0n) is 11.5. The molecule has 1 heterocycles. The molecule has 0 unspecified atom stereocenters. The Balaban J connectivity index is 1.97. The normalized spacial score (nSPS) is 10.2. The maximum absolute atomic E-state index is 11.7. The number of aromatic nitrogens is 2. The Morgan fingerprint density at radius 3 is 2.76 bits per heavy atom. The maximum atomic E-state index is 11.7. The number of nitrogens with zero attached hydrogens (tertiary/aromatic N) is 2. The summed E-state index contributed by atoms with van der Waals surface area (Å²) >= 11 is 5.89. The molecule has 6 nitrogen and oxygen atoms in total. The van der Waals surface area contributed by atoms with Crippen molar-refractivity contribution in [2.45, 2.75) is 0 Å². The second-order valence-corrected chi connectivity index (χ2v) is 4.62. The number of anilines is 2. The number of halogens is 1. The van der Waals surface area contributed by atoms with Crippen molar-refractivity contribution in [2.75, 3.05) is 25.6 Å². The van der Waals surface area contributed by atoms with Gasteiger partial charge in [-0.15, -0.1) is 0 Å². The van der Waals surface area contributed by atoms with E-state index in [1.54, 1.807) is 19.2 Å². The van der Waals surface area contributed by atoms with Crippen LogP contribution in [0.4, 0.5) is 11.6 Å². The van der Waals surface area contributed by atoms with Gasteiger partial charge in [-0.1, -0.05) is 17.7 Å². The first-order chi connectivity index (χ1) is 10.2. The predicted molar refractivity (Wildman–Crippen MR) is 81.0 cm³/mol. The van der Waals surface area contributed by atoms with Crippen LogP contribution in [0.15, 0.2) is 36.7 Å². The summed E-state index contributed by atoms with van der Waals surface area (Å²) in [5.41, 5.74) is 1.17. The number of hydrogen-bond donors (Lipinski definition) is 2. The summed E-state index contributed by atoms with van der Waals surface area (Å²) in [6.07, 6.45) is 2.92. The first-order valence-electron chi connectivity index (χ1n) is 6.31. The van der Waals surface area contributed by atoms with E-state index in [1.807, 2.05) is 12.1 Å². The van der Waals surface area contributed by atoms with Crippen LogP contribution in [0, 0.1) is 0 Å². The Kier molecular flexibility index (Phi) is 5.48. The van der Waals surface area contributed by atoms with Gasteiger partial charge in [0.25, 0.3) is 5.91 Å². The lowest BCUT2D eigenvalue weighted by Gasteiger charge is -2.06. The summed E-state index contributed by atoms with van der Waals surface area (Å²) in [6, 6.07) is 7.21. The van der Waals surface area contributed by atoms with E-state index in [0.29, 0.717) is 29.7 Å². The largest absolute Gasteiger partial charge is 0.383 e. The molecule has 2 rings (SSSR count). The quantitative estimate of drug-likeness (QED) is 0.801. The Labute approximate surface area is 127 Å². The third-order valence-electron chi connectivity index (χ3n) is 2.59. The number of nitrogens with one attached hydrogen (secondary N) is 2. The van der Waals surface area contributed by atoms with Gasteiger partial charge in [0.15, 0.2) is 0 Å². The molecule has 0 aliphatic carbocycles. The first kappa shape index (κ1) is 15.2. The molecule has 1 aromatic carbocycles. The van der Waals surface area contributed by atoms with E-state index in [4.69, 9.17) is 16.3 Å². The van der Waals surface area contributed by atoms with Gasteiger partial charge in [0.05, 0.1) is 12.2 Å². The summed E-state index contributed by atoms with van der Waals surface area (Å²) in [4.78, 5) is 19.9. The molecule has 0 spiro atoms. The van der Waals surface area contributed by atoms with Gasteiger partial charge in [-0.25, -0.2) is 9.97 Å². The minimum Gasteiger partial charge on any atom is -0.383 e. The highest BCUT2D eigenvalue weighted by Crippen LogP contribution is 2.17. The van der Waals surface area contributed by atoms with Crippen LogP contribution < -0.4 is 10.6 Å². The number of rotatable bonds is 6. The fourth-order valence-corrected chi connectivity index (χ4v) is 1.76. The van der Waals surface area contributed by atoms with Gasteiger partial charge in [0, 0.05) is 36.8 Å². The molecule has 0 atom stereocenters. The molecule has 1 amide bonds. The SMILES string of the molecule is COCCNC(=O)c1cnc(Nc2cccc(Cl)c2)nc1. The lowest BCUT2D eigenvalue weighted by molar-refractivity contribution is 0.0936. The van der Waals surface area contributed by atoms with E-state index in [9.17, 15) is 4.79 Å². The monoisotopic (exact) mass is 306 g/mol. The maximum Gasteiger partial charge on any atom is 0.254 e. The van der Waals surface area contributed by atoms with Gasteiger partial charge in [-0.05, 0) is 18.2 Å². The minimum atomic E-state index is -0.235. The van der Waals surface area contributed by atoms with Crippen LogP contribution in [0.25, 0.3) is 0 Å². The first-order valence-corrected chi connectivity index (χ1v) is 6.68. The Morgan fingerprint density at radius 2 is 2.10 bits per heavy atom. The molecule has 7 heteroatoms. The highest BCUT2D eigenvalue weighted by atomic mass is 35.5. The van der Waals surface area contributed by atoms with Gasteiger partial charge >= 0.3 is 0 Å². The number of carbonyl (C=O) groups is 1. The molecule has 0 aliphatic rings. The Bertz CT molecular complexity index is 604. The molecule has 0 bridgehead atoms. The lowest BCUT2D eigenvalue weighted by Crippen LogP contribution is -2.27. The van der Waals surface area contributed by atoms with Crippen molar-refractivity contribution >= 4 is 29.1 Å². The van der Waals surface area contributed by atoms with Crippen LogP contribution in [0.2, 0.25) is 5.02 Å². The summed E-state index contributed by atoms with van der Waals surface area (Å²) < 4.78 is 4.86. The number of amides is 1. The molecule has 0 saturated heterocycles. The Morgan fingerprint density at radius 1 is 1.33 bits per heavy atom. The van der Waals surface area contributed by atoms with Gasteiger partial charge in [0.1, 0.15) is 0 Å². The van der Waals surface area contributed by atoms with Crippen LogP contribution >= 0.6 is 11.6 Å². The minimum absolute atomic E-state index is 0.235. The summed E-state index contributed by atoms with van der Waals surface area (Å²) in [6.45, 7) is 0.902. The van der Waals surface area contributed by atoms with Gasteiger partial charge < -0.3 is 15.4 Å². The molecule has 1 aromatic heterocycles. The third kappa shape index (κ3) is 4.70. The lowest BCUT2D eigenvalue weighted by atomic mass is 10.3. The smallest absolute Gasteiger partial charge is 0.254 e. The molecular weight excluding hydrogens is 292 g/mol. The number of hydrogen-bond acceptors (Lipinski definition) is 5. The molecular formula is C14H15ClN4O2. The second kappa shape index (κ2) is 7.56. The van der Waals surface area contributed by atoms with Crippen molar-refractivity contribution in [2.24, 2.45) is 0 Å². The molecule has 2 N–H and O–H groups in total. The highest BCUT2D eigenvalue weighted by Gasteiger charge is 2.06. The average Bonchev–Trinajstić information content (AvgIpc) is 2.48. The van der Waals surface area contributed by atoms with Gasteiger partial charge in [-0.2, -0.15) is 0 Å². The second-order valence-electron chi connectivity index (χ2n) is 4.18. The van der Waals surface area contributed by atoms with Crippen LogP contribution in [0.3, 0.4) is 0 Å². The average molecular weight is 307 g/mol. The van der Waals surface area contributed by atoms with E-state index in [1.165, 1.54) is 12.4 Å². The van der Waals surface area contributed by atoms with Crippen LogP contribution in [-0.2, 0) is 4.74 Å². The number of ether oxygens (including phenoxy) is 1. The van der Waals surface area contributed by atoms with Crippen molar-refractivity contribution in [3.8, 4) is 0 Å². The molecule has 2 aromatic rings. The van der Waals surface area contributed by atoms with Crippen molar-refractivity contribution in [3.63, 3.8) is 0 Å². The summed E-state index contributed by atoms with van der Waals surface area (Å²) in [7, 11) is 1.57. The van der Waals surface area contributed by atoms with Crippen molar-refractivity contribution in [1.29, 1.82) is 0 Å². The molecule has 0 saturated carbocycles. The highest BCUT2D eigenvalue weighted by molar-refractivity contribution is 6.30. The number of benzene rings is 1. The molecule has 110 valence electrons. The van der Waals surface area contributed by atoms with E-state index in [2.05, 4.69) is 20.6 Å². The fraction of sp³-hybridized carbons (Fsp3) is 0.214. The zero-order valence-corrected chi connectivity index (χ0v) is 12.2. The van der Waals surface area contributed by atoms with Crippen LogP contribution in [0.1, 0.15) is 10.4 Å². The van der Waals surface area contributed by atoms with E-state index in [-0.39, 0.29) is 5.91 Å². The third-order valence-corrected chi connectivity index (χ3v) is 2.82. The molecule has 0 fully saturated rings. The molecule has 0 radical (unpaired) electrons. The summed E-state index contributed by atoms with van der Waals surface area (Å²) in [5.74, 6) is 0.159. The van der Waals surface area contributed by atoms with Crippen LogP contribution in [0.5, 0.6) is 0 Å². The fourth-order valence-electron chi connectivity index (χ4n) is 1.57.